The van der Waals surface area contributed by atoms with Crippen molar-refractivity contribution in [3.8, 4) is 0 Å². The van der Waals surface area contributed by atoms with E-state index in [2.05, 4.69) is 47.0 Å². The Balaban J connectivity index is 1.35. The first kappa shape index (κ1) is 25.2. The first-order chi connectivity index (χ1) is 18.1. The van der Waals surface area contributed by atoms with Gasteiger partial charge in [-0.2, -0.15) is 0 Å². The molecule has 2 aliphatic carbocycles. The summed E-state index contributed by atoms with van der Waals surface area (Å²) in [6.45, 7) is 13.5. The number of rotatable bonds is 5. The number of aromatic nitrogens is 2. The van der Waals surface area contributed by atoms with Gasteiger partial charge in [-0.25, -0.2) is 0 Å². The molecule has 2 aromatic rings. The molecule has 37 heavy (non-hydrogen) atoms. The average Bonchev–Trinajstić information content (AvgIpc) is 3.42. The van der Waals surface area contributed by atoms with Crippen molar-refractivity contribution in [1.29, 1.82) is 0 Å². The third kappa shape index (κ3) is 4.58. The number of hydrogen-bond acceptors (Lipinski definition) is 5. The van der Waals surface area contributed by atoms with Crippen LogP contribution in [-0.4, -0.2) is 67.5 Å². The van der Waals surface area contributed by atoms with Gasteiger partial charge in [-0.15, -0.1) is 0 Å². The lowest BCUT2D eigenvalue weighted by Gasteiger charge is -2.39. The molecule has 7 nitrogen and oxygen atoms in total. The largest absolute Gasteiger partial charge is 0.378 e. The fourth-order valence-corrected chi connectivity index (χ4v) is 7.25. The van der Waals surface area contributed by atoms with Crippen molar-refractivity contribution in [2.24, 2.45) is 5.92 Å². The number of aryl methyl sites for hydroxylation is 2. The SMILES string of the molecule is CCc1c(C)[nH]c2c1C(N1CCOCC1)=CC(Cc1[nH]c3c(c1CC)C1(CCC3)OCCNCCO1)C2. The maximum atomic E-state index is 6.51. The number of hydrogen-bond donors (Lipinski definition) is 3. The van der Waals surface area contributed by atoms with Crippen molar-refractivity contribution in [3.63, 3.8) is 0 Å². The quantitative estimate of drug-likeness (QED) is 0.570. The standard InChI is InChI=1S/C30H44N4O3/c1-4-22-20(3)32-26-18-21(19-27(28(22)26)34-11-15-35-16-12-34)17-25-23(5-2)29-24(33-25)7-6-8-30(29)36-13-9-31-10-14-37-30/h19,21,31-33H,4-18H2,1-3H3. The molecule has 2 saturated heterocycles. The number of fused-ring (bicyclic) bond motifs is 3. The van der Waals surface area contributed by atoms with Crippen molar-refractivity contribution in [2.75, 3.05) is 52.6 Å². The van der Waals surface area contributed by atoms with E-state index in [0.717, 1.165) is 84.3 Å². The molecule has 0 aromatic carbocycles. The van der Waals surface area contributed by atoms with Crippen LogP contribution < -0.4 is 5.32 Å². The molecule has 0 bridgehead atoms. The van der Waals surface area contributed by atoms with Crippen LogP contribution in [0.1, 0.15) is 71.7 Å². The zero-order chi connectivity index (χ0) is 25.4. The number of morpholine rings is 1. The van der Waals surface area contributed by atoms with Gasteiger partial charge in [0.2, 0.25) is 0 Å². The average molecular weight is 509 g/mol. The zero-order valence-corrected chi connectivity index (χ0v) is 22.9. The van der Waals surface area contributed by atoms with Gasteiger partial charge in [-0.1, -0.05) is 19.9 Å². The van der Waals surface area contributed by atoms with Crippen molar-refractivity contribution in [1.82, 2.24) is 20.2 Å². The molecule has 3 N–H and O–H groups in total. The molecule has 0 saturated carbocycles. The Labute approximate surface area is 221 Å². The number of nitrogens with one attached hydrogen (secondary N) is 3. The Hall–Kier alpha value is -2.06. The summed E-state index contributed by atoms with van der Waals surface area (Å²) in [5.41, 5.74) is 12.6. The Kier molecular flexibility index (Phi) is 7.23. The Morgan fingerprint density at radius 1 is 0.973 bits per heavy atom. The summed E-state index contributed by atoms with van der Waals surface area (Å²) >= 11 is 0. The van der Waals surface area contributed by atoms with Crippen LogP contribution in [0.25, 0.3) is 5.70 Å². The van der Waals surface area contributed by atoms with E-state index in [-0.39, 0.29) is 0 Å². The second kappa shape index (κ2) is 10.6. The van der Waals surface area contributed by atoms with Crippen LogP contribution in [-0.2, 0) is 52.1 Å². The van der Waals surface area contributed by atoms with E-state index in [1.165, 1.54) is 50.7 Å². The number of aromatic amines is 2. The van der Waals surface area contributed by atoms with Gasteiger partial charge in [0.05, 0.1) is 26.4 Å². The van der Waals surface area contributed by atoms with Crippen LogP contribution in [0.5, 0.6) is 0 Å². The van der Waals surface area contributed by atoms with Crippen LogP contribution in [0.15, 0.2) is 6.08 Å². The van der Waals surface area contributed by atoms with Crippen molar-refractivity contribution >= 4 is 5.70 Å². The fourth-order valence-electron chi connectivity index (χ4n) is 7.25. The number of ether oxygens (including phenoxy) is 3. The first-order valence-electron chi connectivity index (χ1n) is 14.6. The molecular weight excluding hydrogens is 464 g/mol. The maximum absolute atomic E-state index is 6.51. The predicted octanol–water partition coefficient (Wildman–Crippen LogP) is 3.99. The smallest absolute Gasteiger partial charge is 0.196 e. The lowest BCUT2D eigenvalue weighted by molar-refractivity contribution is -0.258. The first-order valence-corrected chi connectivity index (χ1v) is 14.6. The third-order valence-electron chi connectivity index (χ3n) is 8.85. The molecule has 2 aliphatic heterocycles. The van der Waals surface area contributed by atoms with E-state index < -0.39 is 5.79 Å². The van der Waals surface area contributed by atoms with Gasteiger partial charge in [0.1, 0.15) is 0 Å². The summed E-state index contributed by atoms with van der Waals surface area (Å²) in [5.74, 6) is -0.144. The highest BCUT2D eigenvalue weighted by atomic mass is 16.7. The minimum absolute atomic E-state index is 0.442. The Morgan fingerprint density at radius 2 is 1.73 bits per heavy atom. The van der Waals surface area contributed by atoms with Crippen molar-refractivity contribution in [2.45, 2.75) is 71.5 Å². The Bertz CT molecular complexity index is 1130. The van der Waals surface area contributed by atoms with E-state index in [1.54, 1.807) is 0 Å². The highest BCUT2D eigenvalue weighted by molar-refractivity contribution is 5.72. The highest BCUT2D eigenvalue weighted by Gasteiger charge is 2.43. The summed E-state index contributed by atoms with van der Waals surface area (Å²) in [7, 11) is 0. The number of H-pyrrole nitrogens is 2. The van der Waals surface area contributed by atoms with E-state index in [1.807, 2.05) is 0 Å². The lowest BCUT2D eigenvalue weighted by atomic mass is 9.84. The molecule has 0 amide bonds. The summed E-state index contributed by atoms with van der Waals surface area (Å²) in [6, 6.07) is 0. The molecule has 1 atom stereocenters. The minimum Gasteiger partial charge on any atom is -0.378 e. The van der Waals surface area contributed by atoms with Gasteiger partial charge < -0.3 is 34.4 Å². The normalized spacial score (nSPS) is 23.8. The van der Waals surface area contributed by atoms with E-state index in [0.29, 0.717) is 19.1 Å². The van der Waals surface area contributed by atoms with Gasteiger partial charge in [0.15, 0.2) is 5.79 Å². The summed E-state index contributed by atoms with van der Waals surface area (Å²) in [4.78, 5) is 10.2. The maximum Gasteiger partial charge on any atom is 0.196 e. The molecule has 202 valence electrons. The molecule has 7 heteroatoms. The molecule has 4 heterocycles. The van der Waals surface area contributed by atoms with E-state index in [4.69, 9.17) is 14.2 Å². The summed E-state index contributed by atoms with van der Waals surface area (Å²) in [5, 5.41) is 3.39. The number of nitrogens with zero attached hydrogens (tertiary/aromatic N) is 1. The fraction of sp³-hybridized carbons (Fsp3) is 0.667. The molecule has 0 radical (unpaired) electrons. The lowest BCUT2D eigenvalue weighted by Crippen LogP contribution is -2.43. The van der Waals surface area contributed by atoms with Crippen LogP contribution in [0.3, 0.4) is 0 Å². The Morgan fingerprint density at radius 3 is 2.46 bits per heavy atom. The molecule has 2 fully saturated rings. The molecule has 1 spiro atoms. The van der Waals surface area contributed by atoms with Crippen LogP contribution >= 0.6 is 0 Å². The predicted molar refractivity (Wildman–Crippen MR) is 146 cm³/mol. The zero-order valence-electron chi connectivity index (χ0n) is 22.9. The minimum atomic E-state index is -0.586. The molecule has 2 aromatic heterocycles. The molecular formula is C30H44N4O3. The molecule has 6 rings (SSSR count). The monoisotopic (exact) mass is 508 g/mol. The van der Waals surface area contributed by atoms with Crippen molar-refractivity contribution in [3.05, 3.63) is 51.1 Å². The highest BCUT2D eigenvalue weighted by Crippen LogP contribution is 2.44. The van der Waals surface area contributed by atoms with E-state index >= 15 is 0 Å². The molecule has 4 aliphatic rings. The van der Waals surface area contributed by atoms with Gasteiger partial charge in [-0.3, -0.25) is 0 Å². The van der Waals surface area contributed by atoms with Crippen molar-refractivity contribution < 1.29 is 14.2 Å². The molecule has 1 unspecified atom stereocenters. The topological polar surface area (TPSA) is 74.5 Å². The third-order valence-corrected chi connectivity index (χ3v) is 8.85. The number of allylic oxidation sites excluding steroid dienone is 1. The van der Waals surface area contributed by atoms with Gasteiger partial charge in [0.25, 0.3) is 0 Å². The second-order valence-corrected chi connectivity index (χ2v) is 11.1. The second-order valence-electron chi connectivity index (χ2n) is 11.1. The van der Waals surface area contributed by atoms with Gasteiger partial charge in [-0.05, 0) is 62.5 Å². The summed E-state index contributed by atoms with van der Waals surface area (Å²) < 4.78 is 18.7. The van der Waals surface area contributed by atoms with Crippen LogP contribution in [0.2, 0.25) is 0 Å². The van der Waals surface area contributed by atoms with Crippen LogP contribution in [0.4, 0.5) is 0 Å². The van der Waals surface area contributed by atoms with Crippen LogP contribution in [0, 0.1) is 12.8 Å². The van der Waals surface area contributed by atoms with E-state index in [9.17, 15) is 0 Å². The summed E-state index contributed by atoms with van der Waals surface area (Å²) in [6.07, 6.45) is 9.82. The van der Waals surface area contributed by atoms with Gasteiger partial charge in [0, 0.05) is 72.2 Å². The van der Waals surface area contributed by atoms with Gasteiger partial charge >= 0.3 is 0 Å².